The van der Waals surface area contributed by atoms with Gasteiger partial charge in [-0.25, -0.2) is 0 Å². The lowest BCUT2D eigenvalue weighted by atomic mass is 10.1. The van der Waals surface area contributed by atoms with Crippen molar-refractivity contribution in [1.29, 1.82) is 0 Å². The first-order chi connectivity index (χ1) is 11.1. The van der Waals surface area contributed by atoms with E-state index in [0.29, 0.717) is 6.54 Å². The zero-order valence-corrected chi connectivity index (χ0v) is 13.0. The molecule has 2 amide bonds. The molecule has 2 N–H and O–H groups in total. The van der Waals surface area contributed by atoms with Crippen molar-refractivity contribution in [1.82, 2.24) is 10.3 Å². The van der Waals surface area contributed by atoms with Gasteiger partial charge in [-0.3, -0.25) is 14.6 Å². The Kier molecular flexibility index (Phi) is 6.06. The number of aromatic nitrogens is 1. The topological polar surface area (TPSA) is 71.1 Å². The molecule has 1 aromatic carbocycles. The van der Waals surface area contributed by atoms with E-state index in [4.69, 9.17) is 0 Å². The molecule has 118 valence electrons. The van der Waals surface area contributed by atoms with Crippen molar-refractivity contribution in [2.24, 2.45) is 0 Å². The van der Waals surface area contributed by atoms with Gasteiger partial charge in [-0.2, -0.15) is 0 Å². The molecule has 2 aromatic rings. The molecule has 5 heteroatoms. The summed E-state index contributed by atoms with van der Waals surface area (Å²) in [5.41, 5.74) is 2.56. The maximum atomic E-state index is 11.8. The lowest BCUT2D eigenvalue weighted by molar-refractivity contribution is -0.119. The molecule has 0 spiro atoms. The van der Waals surface area contributed by atoms with Gasteiger partial charge in [0.05, 0.1) is 5.69 Å². The predicted molar refractivity (Wildman–Crippen MR) is 91.5 cm³/mol. The number of pyridine rings is 1. The highest BCUT2D eigenvalue weighted by molar-refractivity contribution is 5.91. The van der Waals surface area contributed by atoms with Crippen LogP contribution < -0.4 is 10.6 Å². The number of amides is 2. The molecule has 0 saturated carbocycles. The summed E-state index contributed by atoms with van der Waals surface area (Å²) in [4.78, 5) is 26.8. The van der Waals surface area contributed by atoms with E-state index >= 15 is 0 Å². The van der Waals surface area contributed by atoms with Gasteiger partial charge in [-0.1, -0.05) is 24.3 Å². The van der Waals surface area contributed by atoms with Crippen LogP contribution in [-0.4, -0.2) is 23.3 Å². The molecular formula is C18H19N3O2. The van der Waals surface area contributed by atoms with Gasteiger partial charge in [0.25, 0.3) is 0 Å². The second-order valence-corrected chi connectivity index (χ2v) is 4.99. The standard InChI is InChI=1S/C18H19N3O2/c1-14(22)19-12-10-18(23)21-17-7-4-5-15(13-17)8-9-16-6-2-3-11-20-16/h2-9,11,13H,10,12H2,1H3,(H,19,22)(H,21,23)/b9-8+. The Hall–Kier alpha value is -2.95. The van der Waals surface area contributed by atoms with E-state index in [1.54, 1.807) is 6.20 Å². The van der Waals surface area contributed by atoms with Crippen molar-refractivity contribution in [2.75, 3.05) is 11.9 Å². The average molecular weight is 309 g/mol. The van der Waals surface area contributed by atoms with Crippen molar-refractivity contribution in [3.8, 4) is 0 Å². The van der Waals surface area contributed by atoms with Gasteiger partial charge < -0.3 is 10.6 Å². The summed E-state index contributed by atoms with van der Waals surface area (Å²) < 4.78 is 0. The molecule has 0 atom stereocenters. The zero-order chi connectivity index (χ0) is 16.5. The number of nitrogens with zero attached hydrogens (tertiary/aromatic N) is 1. The number of anilines is 1. The fourth-order valence-electron chi connectivity index (χ4n) is 1.95. The zero-order valence-electron chi connectivity index (χ0n) is 13.0. The van der Waals surface area contributed by atoms with Crippen LogP contribution in [-0.2, 0) is 9.59 Å². The van der Waals surface area contributed by atoms with Crippen LogP contribution in [0.2, 0.25) is 0 Å². The minimum atomic E-state index is -0.139. The normalized spacial score (nSPS) is 10.5. The maximum absolute atomic E-state index is 11.8. The Bertz CT molecular complexity index is 696. The number of rotatable bonds is 6. The highest BCUT2D eigenvalue weighted by atomic mass is 16.2. The highest BCUT2D eigenvalue weighted by Crippen LogP contribution is 2.13. The SMILES string of the molecule is CC(=O)NCCC(=O)Nc1cccc(/C=C/c2ccccn2)c1. The largest absolute Gasteiger partial charge is 0.356 e. The van der Waals surface area contributed by atoms with Crippen molar-refractivity contribution in [3.63, 3.8) is 0 Å². The summed E-state index contributed by atoms with van der Waals surface area (Å²) in [6.45, 7) is 1.76. The first-order valence-electron chi connectivity index (χ1n) is 7.37. The average Bonchev–Trinajstić information content (AvgIpc) is 2.54. The monoisotopic (exact) mass is 309 g/mol. The van der Waals surface area contributed by atoms with Crippen LogP contribution in [0.3, 0.4) is 0 Å². The molecule has 0 saturated heterocycles. The van der Waals surface area contributed by atoms with Crippen LogP contribution in [0.15, 0.2) is 48.7 Å². The molecule has 1 aromatic heterocycles. The summed E-state index contributed by atoms with van der Waals surface area (Å²) >= 11 is 0. The van der Waals surface area contributed by atoms with E-state index in [2.05, 4.69) is 15.6 Å². The number of carbonyl (C=O) groups excluding carboxylic acids is 2. The molecule has 0 unspecified atom stereocenters. The molecular weight excluding hydrogens is 290 g/mol. The summed E-state index contributed by atoms with van der Waals surface area (Å²) in [6, 6.07) is 13.3. The Morgan fingerprint density at radius 1 is 1.13 bits per heavy atom. The predicted octanol–water partition coefficient (Wildman–Crippen LogP) is 2.72. The van der Waals surface area contributed by atoms with Gasteiger partial charge in [0, 0.05) is 31.8 Å². The molecule has 23 heavy (non-hydrogen) atoms. The molecule has 5 nitrogen and oxygen atoms in total. The molecule has 0 aliphatic rings. The van der Waals surface area contributed by atoms with Gasteiger partial charge in [0.2, 0.25) is 11.8 Å². The van der Waals surface area contributed by atoms with E-state index in [9.17, 15) is 9.59 Å². The third-order valence-electron chi connectivity index (χ3n) is 3.03. The third-order valence-corrected chi connectivity index (χ3v) is 3.03. The highest BCUT2D eigenvalue weighted by Gasteiger charge is 2.03. The molecule has 1 heterocycles. The molecule has 0 aliphatic carbocycles. The van der Waals surface area contributed by atoms with E-state index in [0.717, 1.165) is 16.9 Å². The molecule has 0 fully saturated rings. The van der Waals surface area contributed by atoms with Gasteiger partial charge >= 0.3 is 0 Å². The number of carbonyl (C=O) groups is 2. The number of nitrogens with one attached hydrogen (secondary N) is 2. The second kappa shape index (κ2) is 8.48. The summed E-state index contributed by atoms with van der Waals surface area (Å²) in [5, 5.41) is 5.41. The molecule has 0 aliphatic heterocycles. The van der Waals surface area contributed by atoms with Crippen molar-refractivity contribution >= 4 is 29.7 Å². The van der Waals surface area contributed by atoms with Gasteiger partial charge in [-0.05, 0) is 35.9 Å². The Labute approximate surface area is 135 Å². The number of hydrogen-bond donors (Lipinski definition) is 2. The molecule has 2 rings (SSSR count). The first kappa shape index (κ1) is 16.4. The van der Waals surface area contributed by atoms with Gasteiger partial charge in [0.1, 0.15) is 0 Å². The van der Waals surface area contributed by atoms with Gasteiger partial charge in [0.15, 0.2) is 0 Å². The van der Waals surface area contributed by atoms with Crippen LogP contribution in [0.1, 0.15) is 24.6 Å². The van der Waals surface area contributed by atoms with Gasteiger partial charge in [-0.15, -0.1) is 0 Å². The van der Waals surface area contributed by atoms with E-state index in [1.165, 1.54) is 6.92 Å². The molecule has 0 bridgehead atoms. The lowest BCUT2D eigenvalue weighted by Gasteiger charge is -2.06. The first-order valence-corrected chi connectivity index (χ1v) is 7.37. The van der Waals surface area contributed by atoms with Crippen LogP contribution in [0.5, 0.6) is 0 Å². The van der Waals surface area contributed by atoms with E-state index < -0.39 is 0 Å². The van der Waals surface area contributed by atoms with Crippen LogP contribution in [0.4, 0.5) is 5.69 Å². The van der Waals surface area contributed by atoms with Crippen molar-refractivity contribution in [2.45, 2.75) is 13.3 Å². The fraction of sp³-hybridized carbons (Fsp3) is 0.167. The quantitative estimate of drug-likeness (QED) is 0.862. The Morgan fingerprint density at radius 3 is 2.74 bits per heavy atom. The number of hydrogen-bond acceptors (Lipinski definition) is 3. The minimum absolute atomic E-state index is 0.135. The fourth-order valence-corrected chi connectivity index (χ4v) is 1.95. The van der Waals surface area contributed by atoms with E-state index in [1.807, 2.05) is 54.6 Å². The maximum Gasteiger partial charge on any atom is 0.226 e. The Balaban J connectivity index is 1.93. The van der Waals surface area contributed by atoms with Crippen molar-refractivity contribution in [3.05, 3.63) is 59.9 Å². The van der Waals surface area contributed by atoms with Crippen LogP contribution in [0.25, 0.3) is 12.2 Å². The second-order valence-electron chi connectivity index (χ2n) is 4.99. The minimum Gasteiger partial charge on any atom is -0.356 e. The lowest BCUT2D eigenvalue weighted by Crippen LogP contribution is -2.25. The smallest absolute Gasteiger partial charge is 0.226 e. The van der Waals surface area contributed by atoms with Crippen LogP contribution in [0, 0.1) is 0 Å². The Morgan fingerprint density at radius 2 is 2.00 bits per heavy atom. The molecule has 0 radical (unpaired) electrons. The van der Waals surface area contributed by atoms with Crippen LogP contribution >= 0.6 is 0 Å². The van der Waals surface area contributed by atoms with Crippen molar-refractivity contribution < 1.29 is 9.59 Å². The third kappa shape index (κ3) is 6.13. The summed E-state index contributed by atoms with van der Waals surface area (Å²) in [5.74, 6) is -0.274. The summed E-state index contributed by atoms with van der Waals surface area (Å²) in [7, 11) is 0. The van der Waals surface area contributed by atoms with E-state index in [-0.39, 0.29) is 18.2 Å². The number of benzene rings is 1. The summed E-state index contributed by atoms with van der Waals surface area (Å²) in [6.07, 6.45) is 5.84.